The van der Waals surface area contributed by atoms with Gasteiger partial charge in [0.15, 0.2) is 0 Å². The molecule has 3 nitrogen and oxygen atoms in total. The number of benzene rings is 3. The molecule has 0 unspecified atom stereocenters. The molecule has 3 aromatic rings. The summed E-state index contributed by atoms with van der Waals surface area (Å²) >= 11 is 0. The Labute approximate surface area is 176 Å². The first-order valence-electron chi connectivity index (χ1n) is 8.16. The highest BCUT2D eigenvalue weighted by Crippen LogP contribution is 2.51. The molecule has 0 aliphatic carbocycles. The van der Waals surface area contributed by atoms with E-state index in [-0.39, 0.29) is 24.0 Å². The van der Waals surface area contributed by atoms with Crippen LogP contribution < -0.4 is 39.9 Å². The van der Waals surface area contributed by atoms with Crippen molar-refractivity contribution in [2.24, 2.45) is 0 Å². The van der Waals surface area contributed by atoms with Gasteiger partial charge in [-0.3, -0.25) is 14.4 Å². The van der Waals surface area contributed by atoms with E-state index in [0.29, 0.717) is 16.7 Å². The van der Waals surface area contributed by atoms with Gasteiger partial charge in [0.1, 0.15) is 42.0 Å². The summed E-state index contributed by atoms with van der Waals surface area (Å²) < 4.78 is 0. The Hall–Kier alpha value is -2.17. The van der Waals surface area contributed by atoms with Gasteiger partial charge in [-0.05, 0) is 72.8 Å². The molecule has 27 heavy (non-hydrogen) atoms. The van der Waals surface area contributed by atoms with Crippen LogP contribution >= 0.6 is 7.26 Å². The SMILES string of the molecule is C[P+](c1ccc(C=O)cc1)(c1ccc(C=O)cc1)c1ccc(C=O)cc1.[I-]. The molecular formula is C22H18IO3P. The highest BCUT2D eigenvalue weighted by molar-refractivity contribution is 7.95. The van der Waals surface area contributed by atoms with Crippen molar-refractivity contribution in [3.05, 3.63) is 89.5 Å². The van der Waals surface area contributed by atoms with E-state index < -0.39 is 7.26 Å². The van der Waals surface area contributed by atoms with Crippen LogP contribution in [0.25, 0.3) is 0 Å². The molecule has 0 aliphatic rings. The van der Waals surface area contributed by atoms with Gasteiger partial charge in [0.25, 0.3) is 0 Å². The molecule has 0 aliphatic heterocycles. The molecule has 0 bridgehead atoms. The molecule has 0 fully saturated rings. The maximum atomic E-state index is 11.0. The Morgan fingerprint density at radius 1 is 0.519 bits per heavy atom. The molecular weight excluding hydrogens is 470 g/mol. The summed E-state index contributed by atoms with van der Waals surface area (Å²) in [5.41, 5.74) is 1.90. The molecule has 0 radical (unpaired) electrons. The fourth-order valence-electron chi connectivity index (χ4n) is 3.00. The molecule has 0 atom stereocenters. The summed E-state index contributed by atoms with van der Waals surface area (Å²) in [4.78, 5) is 33.0. The number of aldehydes is 3. The smallest absolute Gasteiger partial charge is 0.150 e. The van der Waals surface area contributed by atoms with E-state index >= 15 is 0 Å². The first kappa shape index (κ1) is 21.1. The normalized spacial score (nSPS) is 10.6. The highest BCUT2D eigenvalue weighted by Gasteiger charge is 2.40. The van der Waals surface area contributed by atoms with Crippen LogP contribution in [0.3, 0.4) is 0 Å². The summed E-state index contributed by atoms with van der Waals surface area (Å²) in [7, 11) is -1.97. The zero-order chi connectivity index (χ0) is 18.6. The second kappa shape index (κ2) is 9.16. The van der Waals surface area contributed by atoms with Crippen molar-refractivity contribution < 1.29 is 38.4 Å². The van der Waals surface area contributed by atoms with Crippen molar-refractivity contribution in [2.75, 3.05) is 6.66 Å². The molecule has 5 heteroatoms. The summed E-state index contributed by atoms with van der Waals surface area (Å²) in [5, 5.41) is 3.38. The standard InChI is InChI=1S/C22H18O3P.HI/c1-26(20-8-2-17(14-23)3-9-20,21-10-4-18(15-24)5-11-21)22-12-6-19(16-25)7-13-22;/h2-16H,1H3;1H/q+1;/p-1. The lowest BCUT2D eigenvalue weighted by atomic mass is 10.2. The zero-order valence-electron chi connectivity index (χ0n) is 14.7. The Morgan fingerprint density at radius 3 is 0.926 bits per heavy atom. The minimum Gasteiger partial charge on any atom is -1.00 e. The van der Waals surface area contributed by atoms with Crippen LogP contribution in [0.5, 0.6) is 0 Å². The maximum Gasteiger partial charge on any atom is 0.150 e. The number of carbonyl (C=O) groups is 3. The van der Waals surface area contributed by atoms with Gasteiger partial charge >= 0.3 is 0 Å². The number of halogens is 1. The maximum absolute atomic E-state index is 11.0. The Morgan fingerprint density at radius 2 is 0.741 bits per heavy atom. The first-order valence-corrected chi connectivity index (χ1v) is 10.4. The van der Waals surface area contributed by atoms with Crippen molar-refractivity contribution in [1.29, 1.82) is 0 Å². The van der Waals surface area contributed by atoms with E-state index in [1.807, 2.05) is 72.8 Å². The topological polar surface area (TPSA) is 51.2 Å². The summed E-state index contributed by atoms with van der Waals surface area (Å²) in [6.07, 6.45) is 2.49. The van der Waals surface area contributed by atoms with Crippen molar-refractivity contribution in [3.8, 4) is 0 Å². The minimum absolute atomic E-state index is 0. The summed E-state index contributed by atoms with van der Waals surface area (Å²) in [6, 6.07) is 22.8. The van der Waals surface area contributed by atoms with Crippen LogP contribution in [-0.2, 0) is 0 Å². The third-order valence-electron chi connectivity index (χ3n) is 4.64. The van der Waals surface area contributed by atoms with Crippen molar-refractivity contribution in [2.45, 2.75) is 0 Å². The predicted octanol–water partition coefficient (Wildman–Crippen LogP) is 0.0518. The second-order valence-corrected chi connectivity index (χ2v) is 9.70. The highest BCUT2D eigenvalue weighted by atomic mass is 127. The number of rotatable bonds is 6. The predicted molar refractivity (Wildman–Crippen MR) is 107 cm³/mol. The molecule has 0 saturated heterocycles. The van der Waals surface area contributed by atoms with Gasteiger partial charge in [-0.25, -0.2) is 0 Å². The van der Waals surface area contributed by atoms with Crippen LogP contribution in [0, 0.1) is 0 Å². The molecule has 3 aromatic carbocycles. The second-order valence-electron chi connectivity index (χ2n) is 6.13. The van der Waals surface area contributed by atoms with Crippen LogP contribution in [0.4, 0.5) is 0 Å². The Balaban J connectivity index is 0.00000261. The Bertz CT molecular complexity index is 808. The molecule has 0 heterocycles. The van der Waals surface area contributed by atoms with E-state index in [1.54, 1.807) is 0 Å². The summed E-state index contributed by atoms with van der Waals surface area (Å²) in [6.45, 7) is 2.20. The first-order chi connectivity index (χ1) is 12.6. The monoisotopic (exact) mass is 488 g/mol. The fraction of sp³-hybridized carbons (Fsp3) is 0.0455. The molecule has 136 valence electrons. The largest absolute Gasteiger partial charge is 1.00 e. The molecule has 0 N–H and O–H groups in total. The van der Waals surface area contributed by atoms with Gasteiger partial charge in [-0.15, -0.1) is 0 Å². The number of hydrogen-bond acceptors (Lipinski definition) is 3. The van der Waals surface area contributed by atoms with E-state index in [0.717, 1.165) is 34.8 Å². The van der Waals surface area contributed by atoms with Crippen molar-refractivity contribution in [3.63, 3.8) is 0 Å². The molecule has 0 aromatic heterocycles. The van der Waals surface area contributed by atoms with Gasteiger partial charge < -0.3 is 24.0 Å². The lowest BCUT2D eigenvalue weighted by Gasteiger charge is -2.23. The molecule has 0 amide bonds. The Kier molecular flexibility index (Phi) is 7.17. The lowest BCUT2D eigenvalue weighted by Crippen LogP contribution is -3.00. The minimum atomic E-state index is -1.97. The number of carbonyl (C=O) groups excluding carboxylic acids is 3. The van der Waals surface area contributed by atoms with Gasteiger partial charge in [-0.2, -0.15) is 0 Å². The van der Waals surface area contributed by atoms with Gasteiger partial charge in [-0.1, -0.05) is 0 Å². The van der Waals surface area contributed by atoms with E-state index in [2.05, 4.69) is 6.66 Å². The quantitative estimate of drug-likeness (QED) is 0.280. The van der Waals surface area contributed by atoms with Gasteiger partial charge in [0.05, 0.1) is 6.66 Å². The number of hydrogen-bond donors (Lipinski definition) is 0. The third-order valence-corrected chi connectivity index (χ3v) is 8.63. The lowest BCUT2D eigenvalue weighted by molar-refractivity contribution is -0.0000240. The van der Waals surface area contributed by atoms with Crippen molar-refractivity contribution in [1.82, 2.24) is 0 Å². The zero-order valence-corrected chi connectivity index (χ0v) is 17.8. The van der Waals surface area contributed by atoms with Crippen LogP contribution in [-0.4, -0.2) is 25.5 Å². The van der Waals surface area contributed by atoms with Crippen molar-refractivity contribution >= 4 is 42.0 Å². The fourth-order valence-corrected chi connectivity index (χ4v) is 6.13. The van der Waals surface area contributed by atoms with Crippen LogP contribution in [0.15, 0.2) is 72.8 Å². The van der Waals surface area contributed by atoms with E-state index in [9.17, 15) is 14.4 Å². The van der Waals surface area contributed by atoms with Crippen LogP contribution in [0.2, 0.25) is 0 Å². The van der Waals surface area contributed by atoms with Gasteiger partial charge in [0, 0.05) is 16.7 Å². The molecule has 0 spiro atoms. The average Bonchev–Trinajstić information content (AvgIpc) is 2.73. The van der Waals surface area contributed by atoms with Crippen LogP contribution in [0.1, 0.15) is 31.1 Å². The van der Waals surface area contributed by atoms with E-state index in [4.69, 9.17) is 0 Å². The van der Waals surface area contributed by atoms with E-state index in [1.165, 1.54) is 0 Å². The average molecular weight is 488 g/mol. The molecule has 0 saturated carbocycles. The summed E-state index contributed by atoms with van der Waals surface area (Å²) in [5.74, 6) is 0. The van der Waals surface area contributed by atoms with Gasteiger partial charge in [0.2, 0.25) is 0 Å². The molecule has 3 rings (SSSR count). The third kappa shape index (κ3) is 4.23.